The topological polar surface area (TPSA) is 40.6 Å². The van der Waals surface area contributed by atoms with Gasteiger partial charge >= 0.3 is 0 Å². The molecule has 2 fully saturated rings. The maximum absolute atomic E-state index is 12.7. The average Bonchev–Trinajstić information content (AvgIpc) is 3.03. The number of amides is 2. The molecule has 4 heteroatoms. The Morgan fingerprint density at radius 3 is 2.59 bits per heavy atom. The van der Waals surface area contributed by atoms with E-state index in [9.17, 15) is 9.59 Å². The standard InChI is InChI=1S/C18H24N2O2/c1-13-6-5-9-16(12-13)20-11-10-19(14(2)17(20)21)18(22)15-7-3-4-8-15/h5-6,9,12,14-15H,3-4,7-8,10-11H2,1-2H3/t14-/m1/s1. The molecule has 3 rings (SSSR count). The normalized spacial score (nSPS) is 23.2. The molecule has 0 bridgehead atoms. The number of carbonyl (C=O) groups excluding carboxylic acids is 2. The monoisotopic (exact) mass is 300 g/mol. The van der Waals surface area contributed by atoms with Gasteiger partial charge in [0.1, 0.15) is 6.04 Å². The van der Waals surface area contributed by atoms with E-state index in [-0.39, 0.29) is 23.8 Å². The van der Waals surface area contributed by atoms with E-state index in [1.54, 1.807) is 4.90 Å². The quantitative estimate of drug-likeness (QED) is 0.842. The van der Waals surface area contributed by atoms with Crippen LogP contribution in [0.1, 0.15) is 38.2 Å². The predicted octanol–water partition coefficient (Wildman–Crippen LogP) is 2.75. The maximum atomic E-state index is 12.7. The molecule has 1 aliphatic carbocycles. The van der Waals surface area contributed by atoms with Gasteiger partial charge in [-0.1, -0.05) is 25.0 Å². The van der Waals surface area contributed by atoms with Gasteiger partial charge < -0.3 is 9.80 Å². The van der Waals surface area contributed by atoms with Crippen molar-refractivity contribution in [3.63, 3.8) is 0 Å². The summed E-state index contributed by atoms with van der Waals surface area (Å²) in [6.07, 6.45) is 4.25. The summed E-state index contributed by atoms with van der Waals surface area (Å²) in [6.45, 7) is 5.11. The molecule has 118 valence electrons. The Bertz CT molecular complexity index is 578. The first kappa shape index (κ1) is 15.1. The zero-order valence-electron chi connectivity index (χ0n) is 13.4. The third kappa shape index (κ3) is 2.74. The van der Waals surface area contributed by atoms with Crippen LogP contribution in [0.3, 0.4) is 0 Å². The van der Waals surface area contributed by atoms with Crippen molar-refractivity contribution in [3.05, 3.63) is 29.8 Å². The van der Waals surface area contributed by atoms with E-state index < -0.39 is 0 Å². The molecule has 1 saturated carbocycles. The largest absolute Gasteiger partial charge is 0.329 e. The van der Waals surface area contributed by atoms with Crippen LogP contribution in [0.2, 0.25) is 0 Å². The molecule has 1 aromatic carbocycles. The lowest BCUT2D eigenvalue weighted by atomic mass is 10.0. The number of benzene rings is 1. The molecule has 4 nitrogen and oxygen atoms in total. The summed E-state index contributed by atoms with van der Waals surface area (Å²) in [6, 6.07) is 7.63. The molecule has 0 unspecified atom stereocenters. The smallest absolute Gasteiger partial charge is 0.249 e. The highest BCUT2D eigenvalue weighted by Gasteiger charge is 2.38. The third-order valence-electron chi connectivity index (χ3n) is 4.96. The van der Waals surface area contributed by atoms with Crippen LogP contribution in [0.4, 0.5) is 5.69 Å². The molecule has 2 amide bonds. The van der Waals surface area contributed by atoms with Crippen LogP contribution < -0.4 is 4.90 Å². The highest BCUT2D eigenvalue weighted by atomic mass is 16.2. The molecule has 0 radical (unpaired) electrons. The molecule has 0 N–H and O–H groups in total. The highest BCUT2D eigenvalue weighted by molar-refractivity contribution is 6.00. The van der Waals surface area contributed by atoms with E-state index in [0.29, 0.717) is 13.1 Å². The van der Waals surface area contributed by atoms with Crippen molar-refractivity contribution in [2.45, 2.75) is 45.6 Å². The van der Waals surface area contributed by atoms with Gasteiger partial charge in [0.2, 0.25) is 11.8 Å². The molecule has 2 aliphatic rings. The number of nitrogens with zero attached hydrogens (tertiary/aromatic N) is 2. The lowest BCUT2D eigenvalue weighted by Gasteiger charge is -2.40. The number of piperazine rings is 1. The molecule has 1 aliphatic heterocycles. The molecule has 1 saturated heterocycles. The number of aryl methyl sites for hydroxylation is 1. The van der Waals surface area contributed by atoms with Gasteiger partial charge in [-0.15, -0.1) is 0 Å². The van der Waals surface area contributed by atoms with Gasteiger partial charge in [0.05, 0.1) is 0 Å². The second-order valence-corrected chi connectivity index (χ2v) is 6.52. The van der Waals surface area contributed by atoms with Crippen LogP contribution >= 0.6 is 0 Å². The van der Waals surface area contributed by atoms with E-state index in [0.717, 1.165) is 36.9 Å². The van der Waals surface area contributed by atoms with Gasteiger partial charge in [-0.25, -0.2) is 0 Å². The number of anilines is 1. The summed E-state index contributed by atoms with van der Waals surface area (Å²) in [5.41, 5.74) is 2.08. The summed E-state index contributed by atoms with van der Waals surface area (Å²) in [7, 11) is 0. The number of hydrogen-bond acceptors (Lipinski definition) is 2. The Morgan fingerprint density at radius 1 is 1.18 bits per heavy atom. The van der Waals surface area contributed by atoms with Crippen molar-refractivity contribution >= 4 is 17.5 Å². The summed E-state index contributed by atoms with van der Waals surface area (Å²) in [5.74, 6) is 0.353. The molecule has 0 spiro atoms. The van der Waals surface area contributed by atoms with Crippen molar-refractivity contribution in [2.24, 2.45) is 5.92 Å². The van der Waals surface area contributed by atoms with Gasteiger partial charge in [-0.3, -0.25) is 9.59 Å². The van der Waals surface area contributed by atoms with Gasteiger partial charge in [-0.05, 0) is 44.4 Å². The first-order valence-corrected chi connectivity index (χ1v) is 8.26. The van der Waals surface area contributed by atoms with E-state index in [4.69, 9.17) is 0 Å². The summed E-state index contributed by atoms with van der Waals surface area (Å²) in [4.78, 5) is 28.9. The molecule has 22 heavy (non-hydrogen) atoms. The lowest BCUT2D eigenvalue weighted by molar-refractivity contribution is -0.143. The third-order valence-corrected chi connectivity index (χ3v) is 4.96. The van der Waals surface area contributed by atoms with Crippen molar-refractivity contribution in [1.29, 1.82) is 0 Å². The fourth-order valence-electron chi connectivity index (χ4n) is 3.63. The Kier molecular flexibility index (Phi) is 4.19. The van der Waals surface area contributed by atoms with Crippen molar-refractivity contribution in [1.82, 2.24) is 4.90 Å². The molecular weight excluding hydrogens is 276 g/mol. The second kappa shape index (κ2) is 6.11. The Hall–Kier alpha value is -1.84. The van der Waals surface area contributed by atoms with Gasteiger partial charge in [0.25, 0.3) is 0 Å². The molecule has 1 heterocycles. The molecule has 1 aromatic rings. The number of carbonyl (C=O) groups is 2. The first-order valence-electron chi connectivity index (χ1n) is 8.26. The lowest BCUT2D eigenvalue weighted by Crippen LogP contribution is -2.58. The van der Waals surface area contributed by atoms with Crippen molar-refractivity contribution in [2.75, 3.05) is 18.0 Å². The minimum Gasteiger partial charge on any atom is -0.329 e. The zero-order valence-corrected chi connectivity index (χ0v) is 13.4. The van der Waals surface area contributed by atoms with Crippen LogP contribution in [-0.4, -0.2) is 35.8 Å². The van der Waals surface area contributed by atoms with Crippen LogP contribution in [0.5, 0.6) is 0 Å². The van der Waals surface area contributed by atoms with E-state index >= 15 is 0 Å². The van der Waals surface area contributed by atoms with Crippen LogP contribution in [-0.2, 0) is 9.59 Å². The number of rotatable bonds is 2. The minimum atomic E-state index is -0.359. The van der Waals surface area contributed by atoms with Crippen LogP contribution in [0.25, 0.3) is 0 Å². The second-order valence-electron chi connectivity index (χ2n) is 6.52. The molecule has 0 aromatic heterocycles. The van der Waals surface area contributed by atoms with E-state index in [2.05, 4.69) is 0 Å². The minimum absolute atomic E-state index is 0.0307. The first-order chi connectivity index (χ1) is 10.6. The molecular formula is C18H24N2O2. The van der Waals surface area contributed by atoms with Crippen LogP contribution in [0.15, 0.2) is 24.3 Å². The van der Waals surface area contributed by atoms with Crippen molar-refractivity contribution < 1.29 is 9.59 Å². The van der Waals surface area contributed by atoms with Gasteiger partial charge in [0.15, 0.2) is 0 Å². The highest BCUT2D eigenvalue weighted by Crippen LogP contribution is 2.29. The predicted molar refractivity (Wildman–Crippen MR) is 86.7 cm³/mol. The van der Waals surface area contributed by atoms with Crippen LogP contribution in [0, 0.1) is 12.8 Å². The van der Waals surface area contributed by atoms with Gasteiger partial charge in [-0.2, -0.15) is 0 Å². The number of hydrogen-bond donors (Lipinski definition) is 0. The Morgan fingerprint density at radius 2 is 1.91 bits per heavy atom. The average molecular weight is 300 g/mol. The van der Waals surface area contributed by atoms with Gasteiger partial charge in [0, 0.05) is 24.7 Å². The van der Waals surface area contributed by atoms with Crippen molar-refractivity contribution in [3.8, 4) is 0 Å². The maximum Gasteiger partial charge on any atom is 0.249 e. The Labute approximate surface area is 132 Å². The summed E-state index contributed by atoms with van der Waals surface area (Å²) >= 11 is 0. The summed E-state index contributed by atoms with van der Waals surface area (Å²) < 4.78 is 0. The Balaban J connectivity index is 1.74. The fraction of sp³-hybridized carbons (Fsp3) is 0.556. The molecule has 1 atom stereocenters. The fourth-order valence-corrected chi connectivity index (χ4v) is 3.63. The van der Waals surface area contributed by atoms with E-state index in [1.807, 2.05) is 43.0 Å². The zero-order chi connectivity index (χ0) is 15.7. The SMILES string of the molecule is Cc1cccc(N2CCN(C(=O)C3CCCC3)[C@H](C)C2=O)c1. The summed E-state index contributed by atoms with van der Waals surface area (Å²) in [5, 5.41) is 0. The van der Waals surface area contributed by atoms with E-state index in [1.165, 1.54) is 0 Å².